The molecule has 0 bridgehead atoms. The Morgan fingerprint density at radius 3 is 2.30 bits per heavy atom. The Morgan fingerprint density at radius 2 is 1.73 bits per heavy atom. The van der Waals surface area contributed by atoms with Gasteiger partial charge in [-0.3, -0.25) is 0 Å². The molecule has 0 atom stereocenters. The van der Waals surface area contributed by atoms with Crippen molar-refractivity contribution in [1.29, 1.82) is 5.26 Å². The summed E-state index contributed by atoms with van der Waals surface area (Å²) in [5.41, 5.74) is 7.95. The van der Waals surface area contributed by atoms with E-state index in [9.17, 15) is 10.1 Å². The van der Waals surface area contributed by atoms with Crippen LogP contribution in [0.2, 0.25) is 5.02 Å². The normalized spacial score (nSPS) is 12.8. The van der Waals surface area contributed by atoms with Crippen LogP contribution in [0.1, 0.15) is 60.6 Å². The molecule has 0 unspecified atom stereocenters. The average Bonchev–Trinajstić information content (AvgIpc) is 2.88. The highest BCUT2D eigenvalue weighted by Gasteiger charge is 2.23. The quantitative estimate of drug-likeness (QED) is 0.179. The maximum Gasteiger partial charge on any atom is 0.328 e. The van der Waals surface area contributed by atoms with Crippen LogP contribution < -0.4 is 0 Å². The number of halogens is 2. The summed E-state index contributed by atoms with van der Waals surface area (Å²) < 4.78 is 0. The SMILES string of the molecule is CC/C(=C(\C(=C(/Cl)c1ccccc1C)C(C)C)c1ccc(/C=C/C(=O)O)cc1)c1ccc(Cl)cc1C#N. The van der Waals surface area contributed by atoms with Crippen molar-refractivity contribution in [2.75, 3.05) is 0 Å². The van der Waals surface area contributed by atoms with Crippen LogP contribution >= 0.6 is 23.2 Å². The van der Waals surface area contributed by atoms with Crippen LogP contribution in [0, 0.1) is 24.2 Å². The van der Waals surface area contributed by atoms with Crippen LogP contribution in [-0.4, -0.2) is 11.1 Å². The maximum absolute atomic E-state index is 11.0. The third-order valence-corrected chi connectivity index (χ3v) is 6.81. The lowest BCUT2D eigenvalue weighted by Crippen LogP contribution is -2.05. The minimum atomic E-state index is -1.00. The molecule has 0 aromatic heterocycles. The summed E-state index contributed by atoms with van der Waals surface area (Å²) in [5.74, 6) is -0.937. The standard InChI is InChI=1S/C32H29Cl2NO2/c1-5-26(28-16-15-25(33)18-24(28)19-35)31(23-13-10-22(11-14-23)12-17-29(36)37)30(20(2)3)32(34)27-9-7-6-8-21(27)4/h6-18,20H,5H2,1-4H3,(H,36,37)/b17-12+,31-26+,32-30-. The first kappa shape index (κ1) is 28.0. The van der Waals surface area contributed by atoms with E-state index < -0.39 is 5.97 Å². The van der Waals surface area contributed by atoms with Crippen LogP contribution in [0.25, 0.3) is 22.3 Å². The second kappa shape index (κ2) is 12.6. The molecule has 0 radical (unpaired) electrons. The van der Waals surface area contributed by atoms with Gasteiger partial charge < -0.3 is 5.11 Å². The smallest absolute Gasteiger partial charge is 0.328 e. The highest BCUT2D eigenvalue weighted by molar-refractivity contribution is 6.50. The summed E-state index contributed by atoms with van der Waals surface area (Å²) in [6.45, 7) is 8.33. The minimum absolute atomic E-state index is 0.0630. The number of carbonyl (C=O) groups is 1. The predicted octanol–water partition coefficient (Wildman–Crippen LogP) is 9.24. The zero-order valence-electron chi connectivity index (χ0n) is 21.3. The van der Waals surface area contributed by atoms with E-state index in [2.05, 4.69) is 26.8 Å². The van der Waals surface area contributed by atoms with Gasteiger partial charge in [0.25, 0.3) is 0 Å². The molecule has 3 rings (SSSR count). The molecular formula is C32H29Cl2NO2. The van der Waals surface area contributed by atoms with E-state index in [-0.39, 0.29) is 5.92 Å². The fraction of sp³-hybridized carbons (Fsp3) is 0.188. The molecule has 0 spiro atoms. The minimum Gasteiger partial charge on any atom is -0.478 e. The molecule has 1 N–H and O–H groups in total. The van der Waals surface area contributed by atoms with Crippen molar-refractivity contribution >= 4 is 51.4 Å². The number of allylic oxidation sites excluding steroid dienone is 3. The van der Waals surface area contributed by atoms with Crippen molar-refractivity contribution in [3.63, 3.8) is 0 Å². The van der Waals surface area contributed by atoms with Gasteiger partial charge in [0.1, 0.15) is 0 Å². The van der Waals surface area contributed by atoms with Gasteiger partial charge in [-0.1, -0.05) is 98.6 Å². The number of hydrogen-bond donors (Lipinski definition) is 1. The summed E-state index contributed by atoms with van der Waals surface area (Å²) in [5, 5.41) is 20.1. The number of hydrogen-bond acceptors (Lipinski definition) is 2. The van der Waals surface area contributed by atoms with E-state index in [0.29, 0.717) is 22.0 Å². The van der Waals surface area contributed by atoms with E-state index in [0.717, 1.165) is 50.6 Å². The van der Waals surface area contributed by atoms with Gasteiger partial charge in [-0.15, -0.1) is 0 Å². The van der Waals surface area contributed by atoms with Crippen molar-refractivity contribution in [2.24, 2.45) is 5.92 Å². The van der Waals surface area contributed by atoms with Crippen LogP contribution in [0.3, 0.4) is 0 Å². The van der Waals surface area contributed by atoms with Crippen LogP contribution in [-0.2, 0) is 4.79 Å². The van der Waals surface area contributed by atoms with Gasteiger partial charge in [0.2, 0.25) is 0 Å². The van der Waals surface area contributed by atoms with Crippen LogP contribution in [0.5, 0.6) is 0 Å². The number of carboxylic acid groups (broad SMARTS) is 1. The first-order valence-corrected chi connectivity index (χ1v) is 12.8. The summed E-state index contributed by atoms with van der Waals surface area (Å²) in [4.78, 5) is 11.0. The number of benzene rings is 3. The molecule has 0 amide bonds. The third kappa shape index (κ3) is 6.60. The summed E-state index contributed by atoms with van der Waals surface area (Å²) in [7, 11) is 0. The summed E-state index contributed by atoms with van der Waals surface area (Å²) in [6.07, 6.45) is 3.33. The van der Waals surface area contributed by atoms with Gasteiger partial charge in [-0.2, -0.15) is 5.26 Å². The molecule has 3 aromatic rings. The zero-order valence-corrected chi connectivity index (χ0v) is 22.9. The van der Waals surface area contributed by atoms with E-state index in [1.54, 1.807) is 18.2 Å². The Bertz CT molecular complexity index is 1440. The lowest BCUT2D eigenvalue weighted by molar-refractivity contribution is -0.131. The number of rotatable bonds is 8. The monoisotopic (exact) mass is 529 g/mol. The number of nitrogens with zero attached hydrogens (tertiary/aromatic N) is 1. The zero-order chi connectivity index (χ0) is 27.1. The molecule has 0 saturated heterocycles. The van der Waals surface area contributed by atoms with E-state index in [4.69, 9.17) is 28.3 Å². The van der Waals surface area contributed by atoms with E-state index in [1.807, 2.05) is 61.5 Å². The highest BCUT2D eigenvalue weighted by Crippen LogP contribution is 2.43. The average molecular weight is 530 g/mol. The van der Waals surface area contributed by atoms with Gasteiger partial charge in [0.15, 0.2) is 0 Å². The van der Waals surface area contributed by atoms with E-state index in [1.165, 1.54) is 0 Å². The Balaban J connectivity index is 2.43. The molecule has 0 heterocycles. The maximum atomic E-state index is 11.0. The Morgan fingerprint density at radius 1 is 1.05 bits per heavy atom. The molecule has 0 saturated carbocycles. The molecule has 0 fully saturated rings. The fourth-order valence-electron chi connectivity index (χ4n) is 4.41. The van der Waals surface area contributed by atoms with Crippen molar-refractivity contribution < 1.29 is 9.90 Å². The van der Waals surface area contributed by atoms with Crippen molar-refractivity contribution in [2.45, 2.75) is 34.1 Å². The Labute approximate surface area is 229 Å². The lowest BCUT2D eigenvalue weighted by Gasteiger charge is -2.24. The lowest BCUT2D eigenvalue weighted by atomic mass is 9.81. The second-order valence-corrected chi connectivity index (χ2v) is 9.81. The highest BCUT2D eigenvalue weighted by atomic mass is 35.5. The van der Waals surface area contributed by atoms with Gasteiger partial charge in [0, 0.05) is 11.1 Å². The molecule has 5 heteroatoms. The molecule has 188 valence electrons. The number of carboxylic acids is 1. The Hall–Kier alpha value is -3.58. The van der Waals surface area contributed by atoms with Crippen LogP contribution in [0.15, 0.2) is 78.4 Å². The first-order valence-electron chi connectivity index (χ1n) is 12.1. The summed E-state index contributed by atoms with van der Waals surface area (Å²) in [6, 6.07) is 23.4. The van der Waals surface area contributed by atoms with E-state index >= 15 is 0 Å². The Kier molecular flexibility index (Phi) is 9.53. The topological polar surface area (TPSA) is 61.1 Å². The molecule has 3 nitrogen and oxygen atoms in total. The van der Waals surface area contributed by atoms with Gasteiger partial charge in [-0.25, -0.2) is 4.79 Å². The summed E-state index contributed by atoms with van der Waals surface area (Å²) >= 11 is 13.4. The fourth-order valence-corrected chi connectivity index (χ4v) is 5.11. The van der Waals surface area contributed by atoms with Crippen molar-refractivity contribution in [1.82, 2.24) is 0 Å². The molecule has 37 heavy (non-hydrogen) atoms. The van der Waals surface area contributed by atoms with Crippen molar-refractivity contribution in [3.8, 4) is 6.07 Å². The second-order valence-electron chi connectivity index (χ2n) is 9.00. The predicted molar refractivity (Wildman–Crippen MR) is 155 cm³/mol. The molecular weight excluding hydrogens is 501 g/mol. The first-order chi connectivity index (χ1) is 17.7. The molecule has 0 aliphatic heterocycles. The van der Waals surface area contributed by atoms with Crippen LogP contribution in [0.4, 0.5) is 0 Å². The number of aliphatic carboxylic acids is 1. The molecule has 3 aromatic carbocycles. The number of aryl methyl sites for hydroxylation is 1. The third-order valence-electron chi connectivity index (χ3n) is 6.16. The van der Waals surface area contributed by atoms with Gasteiger partial charge in [-0.05, 0) is 82.0 Å². The number of nitriles is 1. The molecule has 0 aliphatic rings. The largest absolute Gasteiger partial charge is 0.478 e. The molecule has 0 aliphatic carbocycles. The van der Waals surface area contributed by atoms with Gasteiger partial charge in [0.05, 0.1) is 16.7 Å². The van der Waals surface area contributed by atoms with Crippen molar-refractivity contribution in [3.05, 3.63) is 117 Å². The van der Waals surface area contributed by atoms with Gasteiger partial charge >= 0.3 is 5.97 Å².